The average molecular weight is 305 g/mol. The van der Waals surface area contributed by atoms with Gasteiger partial charge in [-0.15, -0.1) is 0 Å². The van der Waals surface area contributed by atoms with Gasteiger partial charge in [0.2, 0.25) is 0 Å². The van der Waals surface area contributed by atoms with Crippen LogP contribution in [0.2, 0.25) is 5.02 Å². The quantitative estimate of drug-likeness (QED) is 0.589. The molecule has 0 atom stereocenters. The Morgan fingerprint density at radius 3 is 2.88 bits per heavy atom. The van der Waals surface area contributed by atoms with Crippen LogP contribution in [-0.2, 0) is 4.79 Å². The summed E-state index contributed by atoms with van der Waals surface area (Å²) in [5.41, 5.74) is -0.192. The van der Waals surface area contributed by atoms with E-state index in [-0.39, 0.29) is 16.1 Å². The Labute approximate surface area is 105 Å². The zero-order valence-corrected chi connectivity index (χ0v) is 10.2. The van der Waals surface area contributed by atoms with E-state index in [1.807, 2.05) is 0 Å². The summed E-state index contributed by atoms with van der Waals surface area (Å²) in [6.45, 7) is 0. The standard InChI is InChI=1S/C9H7BrClN3O2/c10-7(12)4-6(9(15)16)14-8-5(11)2-1-3-13-8/h1-4,12H,(H,13,14)(H,15,16)/b6-4-,12-7?. The fourth-order valence-corrected chi connectivity index (χ4v) is 1.28. The van der Waals surface area contributed by atoms with Crippen LogP contribution in [0.5, 0.6) is 0 Å². The van der Waals surface area contributed by atoms with E-state index < -0.39 is 5.97 Å². The molecule has 7 heteroatoms. The van der Waals surface area contributed by atoms with Crippen LogP contribution in [0.3, 0.4) is 0 Å². The van der Waals surface area contributed by atoms with Crippen LogP contribution < -0.4 is 5.32 Å². The number of hydrogen-bond acceptors (Lipinski definition) is 4. The minimum atomic E-state index is -1.20. The van der Waals surface area contributed by atoms with Gasteiger partial charge in [-0.05, 0) is 28.1 Å². The van der Waals surface area contributed by atoms with Gasteiger partial charge in [0.15, 0.2) is 0 Å². The van der Waals surface area contributed by atoms with E-state index in [0.717, 1.165) is 6.08 Å². The third kappa shape index (κ3) is 3.63. The van der Waals surface area contributed by atoms with Crippen molar-refractivity contribution >= 4 is 43.9 Å². The van der Waals surface area contributed by atoms with E-state index >= 15 is 0 Å². The van der Waals surface area contributed by atoms with Crippen molar-refractivity contribution in [2.75, 3.05) is 5.32 Å². The first-order valence-electron chi connectivity index (χ1n) is 4.07. The summed E-state index contributed by atoms with van der Waals surface area (Å²) in [5.74, 6) is -0.975. The molecule has 0 spiro atoms. The van der Waals surface area contributed by atoms with E-state index in [4.69, 9.17) is 22.1 Å². The first-order chi connectivity index (χ1) is 7.50. The Morgan fingerprint density at radius 1 is 1.69 bits per heavy atom. The zero-order chi connectivity index (χ0) is 12.1. The van der Waals surface area contributed by atoms with Crippen molar-refractivity contribution < 1.29 is 9.90 Å². The minimum Gasteiger partial charge on any atom is -0.477 e. The normalized spacial score (nSPS) is 11.0. The maximum absolute atomic E-state index is 10.8. The summed E-state index contributed by atoms with van der Waals surface area (Å²) in [6.07, 6.45) is 2.58. The van der Waals surface area contributed by atoms with Crippen molar-refractivity contribution in [1.82, 2.24) is 4.98 Å². The van der Waals surface area contributed by atoms with Crippen LogP contribution in [0.15, 0.2) is 30.1 Å². The van der Waals surface area contributed by atoms with Crippen LogP contribution in [0, 0.1) is 5.41 Å². The highest BCUT2D eigenvalue weighted by Gasteiger charge is 2.10. The van der Waals surface area contributed by atoms with Gasteiger partial charge < -0.3 is 10.4 Å². The lowest BCUT2D eigenvalue weighted by atomic mass is 10.4. The van der Waals surface area contributed by atoms with Crippen molar-refractivity contribution in [2.24, 2.45) is 0 Å². The number of anilines is 1. The molecule has 0 aliphatic heterocycles. The highest BCUT2D eigenvalue weighted by molar-refractivity contribution is 9.18. The lowest BCUT2D eigenvalue weighted by molar-refractivity contribution is -0.132. The molecule has 84 valence electrons. The third-order valence-electron chi connectivity index (χ3n) is 1.51. The Morgan fingerprint density at radius 2 is 2.38 bits per heavy atom. The Balaban J connectivity index is 2.98. The minimum absolute atomic E-state index is 0.0653. The van der Waals surface area contributed by atoms with Crippen molar-refractivity contribution in [1.29, 1.82) is 5.41 Å². The lowest BCUT2D eigenvalue weighted by Crippen LogP contribution is -2.12. The number of pyridine rings is 1. The SMILES string of the molecule is N=C(Br)/C=C(\Nc1ncccc1Cl)C(=O)O. The van der Waals surface area contributed by atoms with Gasteiger partial charge in [0, 0.05) is 12.3 Å². The van der Waals surface area contributed by atoms with E-state index in [1.165, 1.54) is 6.20 Å². The zero-order valence-electron chi connectivity index (χ0n) is 7.87. The Kier molecular flexibility index (Phi) is 4.45. The van der Waals surface area contributed by atoms with Gasteiger partial charge >= 0.3 is 5.97 Å². The maximum atomic E-state index is 10.8. The van der Waals surface area contributed by atoms with Crippen LogP contribution >= 0.6 is 27.5 Å². The second kappa shape index (κ2) is 5.62. The summed E-state index contributed by atoms with van der Waals surface area (Å²) in [4.78, 5) is 14.7. The highest BCUT2D eigenvalue weighted by Crippen LogP contribution is 2.19. The number of nitrogens with zero attached hydrogens (tertiary/aromatic N) is 1. The molecule has 1 aromatic heterocycles. The van der Waals surface area contributed by atoms with Crippen molar-refractivity contribution in [3.05, 3.63) is 35.1 Å². The number of carboxylic acid groups (broad SMARTS) is 1. The summed E-state index contributed by atoms with van der Waals surface area (Å²) in [7, 11) is 0. The molecular formula is C9H7BrClN3O2. The molecule has 0 aliphatic carbocycles. The number of carboxylic acids is 1. The predicted molar refractivity (Wildman–Crippen MR) is 65.2 cm³/mol. The summed E-state index contributed by atoms with van der Waals surface area (Å²) < 4.78 is -0.0653. The number of aromatic nitrogens is 1. The number of aliphatic carboxylic acids is 1. The molecule has 3 N–H and O–H groups in total. The van der Waals surface area contributed by atoms with Gasteiger partial charge in [-0.25, -0.2) is 9.78 Å². The molecular weight excluding hydrogens is 297 g/mol. The van der Waals surface area contributed by atoms with Crippen molar-refractivity contribution in [3.8, 4) is 0 Å². The molecule has 0 radical (unpaired) electrons. The van der Waals surface area contributed by atoms with Crippen LogP contribution in [0.25, 0.3) is 0 Å². The van der Waals surface area contributed by atoms with Gasteiger partial charge in [-0.1, -0.05) is 11.6 Å². The second-order valence-corrected chi connectivity index (χ2v) is 3.93. The lowest BCUT2D eigenvalue weighted by Gasteiger charge is -2.06. The number of carbonyl (C=O) groups is 1. The van der Waals surface area contributed by atoms with E-state index in [1.54, 1.807) is 12.1 Å². The van der Waals surface area contributed by atoms with Crippen LogP contribution in [-0.4, -0.2) is 20.7 Å². The van der Waals surface area contributed by atoms with Crippen molar-refractivity contribution in [3.63, 3.8) is 0 Å². The number of hydrogen-bond donors (Lipinski definition) is 3. The molecule has 0 aliphatic rings. The van der Waals surface area contributed by atoms with Gasteiger partial charge in [-0.3, -0.25) is 5.41 Å². The van der Waals surface area contributed by atoms with E-state index in [2.05, 4.69) is 26.2 Å². The molecule has 0 aromatic carbocycles. The summed E-state index contributed by atoms with van der Waals surface area (Å²) >= 11 is 8.62. The molecule has 1 heterocycles. The van der Waals surface area contributed by atoms with E-state index in [9.17, 15) is 4.79 Å². The number of nitrogens with one attached hydrogen (secondary N) is 2. The molecule has 1 aromatic rings. The average Bonchev–Trinajstić information content (AvgIpc) is 2.19. The predicted octanol–water partition coefficient (Wildman–Crippen LogP) is 2.49. The second-order valence-electron chi connectivity index (χ2n) is 2.67. The first kappa shape index (κ1) is 12.7. The largest absolute Gasteiger partial charge is 0.477 e. The molecule has 0 amide bonds. The summed E-state index contributed by atoms with van der Waals surface area (Å²) in [5, 5.41) is 18.8. The number of rotatable bonds is 4. The molecule has 0 fully saturated rings. The third-order valence-corrected chi connectivity index (χ3v) is 2.05. The Bertz CT molecular complexity index is 462. The monoisotopic (exact) mass is 303 g/mol. The molecule has 5 nitrogen and oxygen atoms in total. The topological polar surface area (TPSA) is 86.1 Å². The molecule has 1 rings (SSSR count). The smallest absolute Gasteiger partial charge is 0.352 e. The highest BCUT2D eigenvalue weighted by atomic mass is 79.9. The molecule has 0 saturated heterocycles. The fraction of sp³-hybridized carbons (Fsp3) is 0. The molecule has 16 heavy (non-hydrogen) atoms. The van der Waals surface area contributed by atoms with E-state index in [0.29, 0.717) is 5.02 Å². The van der Waals surface area contributed by atoms with Gasteiger partial charge in [0.1, 0.15) is 11.5 Å². The van der Waals surface area contributed by atoms with Crippen LogP contribution in [0.1, 0.15) is 0 Å². The number of halogens is 2. The Hall–Kier alpha value is -1.40. The molecule has 0 unspecified atom stereocenters. The maximum Gasteiger partial charge on any atom is 0.352 e. The van der Waals surface area contributed by atoms with Gasteiger partial charge in [0.25, 0.3) is 0 Å². The van der Waals surface area contributed by atoms with Gasteiger partial charge in [-0.2, -0.15) is 0 Å². The summed E-state index contributed by atoms with van der Waals surface area (Å²) in [6, 6.07) is 3.21. The van der Waals surface area contributed by atoms with Crippen molar-refractivity contribution in [2.45, 2.75) is 0 Å². The molecule has 0 bridgehead atoms. The van der Waals surface area contributed by atoms with Gasteiger partial charge in [0.05, 0.1) is 9.64 Å². The fourth-order valence-electron chi connectivity index (χ4n) is 0.883. The first-order valence-corrected chi connectivity index (χ1v) is 5.24. The van der Waals surface area contributed by atoms with Crippen LogP contribution in [0.4, 0.5) is 5.82 Å². The number of allylic oxidation sites excluding steroid dienone is 1. The molecule has 0 saturated carbocycles.